The van der Waals surface area contributed by atoms with Crippen LogP contribution in [0, 0.1) is 0 Å². The number of hydrogen-bond acceptors (Lipinski definition) is 4. The van der Waals surface area contributed by atoms with Crippen molar-refractivity contribution in [1.29, 1.82) is 0 Å². The van der Waals surface area contributed by atoms with Gasteiger partial charge in [0.1, 0.15) is 0 Å². The van der Waals surface area contributed by atoms with Crippen molar-refractivity contribution in [2.24, 2.45) is 0 Å². The van der Waals surface area contributed by atoms with Gasteiger partial charge in [-0.3, -0.25) is 4.79 Å². The number of anilines is 2. The van der Waals surface area contributed by atoms with Crippen LogP contribution in [0.3, 0.4) is 0 Å². The Bertz CT molecular complexity index is 518. The summed E-state index contributed by atoms with van der Waals surface area (Å²) in [6.45, 7) is 2.83. The molecule has 2 heterocycles. The fourth-order valence-corrected chi connectivity index (χ4v) is 3.27. The predicted molar refractivity (Wildman–Crippen MR) is 83.8 cm³/mol. The number of likely N-dealkylation sites (tertiary alicyclic amines) is 1. The molecule has 0 bridgehead atoms. The van der Waals surface area contributed by atoms with Gasteiger partial charge in [0.2, 0.25) is 0 Å². The van der Waals surface area contributed by atoms with Crippen LogP contribution in [0.15, 0.2) is 18.2 Å². The molecule has 0 saturated carbocycles. The van der Waals surface area contributed by atoms with E-state index in [0.717, 1.165) is 62.3 Å². The Morgan fingerprint density at radius 2 is 2.10 bits per heavy atom. The van der Waals surface area contributed by atoms with E-state index in [9.17, 15) is 4.79 Å². The second-order valence-corrected chi connectivity index (χ2v) is 5.77. The molecule has 114 valence electrons. The lowest BCUT2D eigenvalue weighted by molar-refractivity contribution is 0.0724. The monoisotopic (exact) mass is 289 g/mol. The lowest BCUT2D eigenvalue weighted by Gasteiger charge is -2.26. The van der Waals surface area contributed by atoms with Crippen molar-refractivity contribution in [3.63, 3.8) is 0 Å². The van der Waals surface area contributed by atoms with Gasteiger partial charge in [-0.25, -0.2) is 0 Å². The number of nitrogens with zero attached hydrogens (tertiary/aromatic N) is 1. The van der Waals surface area contributed by atoms with Gasteiger partial charge < -0.3 is 20.6 Å². The lowest BCUT2D eigenvalue weighted by atomic mass is 10.1. The van der Waals surface area contributed by atoms with E-state index >= 15 is 0 Å². The molecule has 2 aliphatic heterocycles. The largest absolute Gasteiger partial charge is 0.396 e. The van der Waals surface area contributed by atoms with Gasteiger partial charge in [0.25, 0.3) is 5.91 Å². The Kier molecular flexibility index (Phi) is 4.29. The van der Waals surface area contributed by atoms with Gasteiger partial charge in [-0.2, -0.15) is 0 Å². The first-order chi connectivity index (χ1) is 10.3. The van der Waals surface area contributed by atoms with E-state index in [1.54, 1.807) is 0 Å². The molecule has 3 N–H and O–H groups in total. The first-order valence-corrected chi connectivity index (χ1v) is 7.83. The fourth-order valence-electron chi connectivity index (χ4n) is 3.27. The average Bonchev–Trinajstić information content (AvgIpc) is 3.00. The average molecular weight is 289 g/mol. The van der Waals surface area contributed by atoms with Crippen molar-refractivity contribution in [3.8, 4) is 0 Å². The summed E-state index contributed by atoms with van der Waals surface area (Å²) in [5, 5.41) is 15.6. The predicted octanol–water partition coefficient (Wildman–Crippen LogP) is 1.90. The Morgan fingerprint density at radius 1 is 1.29 bits per heavy atom. The quantitative estimate of drug-likeness (QED) is 0.792. The molecule has 0 radical (unpaired) electrons. The Morgan fingerprint density at radius 3 is 2.90 bits per heavy atom. The van der Waals surface area contributed by atoms with Crippen molar-refractivity contribution in [2.45, 2.75) is 31.7 Å². The molecule has 5 heteroatoms. The van der Waals surface area contributed by atoms with Crippen molar-refractivity contribution in [1.82, 2.24) is 4.90 Å². The normalized spacial score (nSPS) is 20.6. The molecule has 1 atom stereocenters. The minimum atomic E-state index is 0.116. The standard InChI is InChI=1S/C16H23N3O2/c20-10-2-4-13-3-1-9-19(13)16(21)12-5-6-14-15(11-12)18-8-7-17-14/h5-6,11,13,17-18,20H,1-4,7-10H2. The van der Waals surface area contributed by atoms with Crippen LogP contribution < -0.4 is 10.6 Å². The molecule has 2 aliphatic rings. The summed E-state index contributed by atoms with van der Waals surface area (Å²) in [5.41, 5.74) is 2.83. The summed E-state index contributed by atoms with van der Waals surface area (Å²) >= 11 is 0. The van der Waals surface area contributed by atoms with E-state index in [0.29, 0.717) is 0 Å². The highest BCUT2D eigenvalue weighted by Gasteiger charge is 2.29. The number of amides is 1. The van der Waals surface area contributed by atoms with Crippen LogP contribution in [0.4, 0.5) is 11.4 Å². The SMILES string of the molecule is O=C(c1ccc2c(c1)NCCN2)N1CCCC1CCCO. The number of carbonyl (C=O) groups excluding carboxylic acids is 1. The molecule has 1 amide bonds. The van der Waals surface area contributed by atoms with Crippen LogP contribution in [0.2, 0.25) is 0 Å². The zero-order chi connectivity index (χ0) is 14.7. The fraction of sp³-hybridized carbons (Fsp3) is 0.562. The van der Waals surface area contributed by atoms with Crippen LogP contribution in [-0.2, 0) is 0 Å². The van der Waals surface area contributed by atoms with Gasteiger partial charge in [-0.1, -0.05) is 0 Å². The highest BCUT2D eigenvalue weighted by molar-refractivity contribution is 5.96. The van der Waals surface area contributed by atoms with Crippen LogP contribution in [0.5, 0.6) is 0 Å². The molecule has 1 fully saturated rings. The topological polar surface area (TPSA) is 64.6 Å². The summed E-state index contributed by atoms with van der Waals surface area (Å²) in [7, 11) is 0. The van der Waals surface area contributed by atoms with E-state index in [1.807, 2.05) is 23.1 Å². The van der Waals surface area contributed by atoms with E-state index in [2.05, 4.69) is 10.6 Å². The number of aliphatic hydroxyl groups is 1. The highest BCUT2D eigenvalue weighted by atomic mass is 16.3. The molecular weight excluding hydrogens is 266 g/mol. The van der Waals surface area contributed by atoms with E-state index in [-0.39, 0.29) is 18.6 Å². The first-order valence-electron chi connectivity index (χ1n) is 7.83. The maximum atomic E-state index is 12.7. The number of aliphatic hydroxyl groups excluding tert-OH is 1. The summed E-state index contributed by atoms with van der Waals surface area (Å²) in [5.74, 6) is 0.116. The van der Waals surface area contributed by atoms with Gasteiger partial charge >= 0.3 is 0 Å². The molecule has 1 aromatic rings. The van der Waals surface area contributed by atoms with Crippen molar-refractivity contribution in [3.05, 3.63) is 23.8 Å². The van der Waals surface area contributed by atoms with Gasteiger partial charge in [-0.15, -0.1) is 0 Å². The Balaban J connectivity index is 1.75. The summed E-state index contributed by atoms with van der Waals surface area (Å²) in [6.07, 6.45) is 3.78. The molecule has 21 heavy (non-hydrogen) atoms. The smallest absolute Gasteiger partial charge is 0.254 e. The molecule has 0 spiro atoms. The minimum Gasteiger partial charge on any atom is -0.396 e. The number of rotatable bonds is 4. The third-order valence-corrected chi connectivity index (χ3v) is 4.36. The van der Waals surface area contributed by atoms with Crippen LogP contribution in [0.25, 0.3) is 0 Å². The number of carbonyl (C=O) groups is 1. The Labute approximate surface area is 125 Å². The van der Waals surface area contributed by atoms with Gasteiger partial charge in [0.15, 0.2) is 0 Å². The van der Waals surface area contributed by atoms with Crippen LogP contribution in [0.1, 0.15) is 36.0 Å². The number of fused-ring (bicyclic) bond motifs is 1. The van der Waals surface area contributed by atoms with Crippen molar-refractivity contribution >= 4 is 17.3 Å². The maximum Gasteiger partial charge on any atom is 0.254 e. The molecule has 3 rings (SSSR count). The van der Waals surface area contributed by atoms with Gasteiger partial charge in [0.05, 0.1) is 11.4 Å². The third-order valence-electron chi connectivity index (χ3n) is 4.36. The molecule has 1 aromatic carbocycles. The van der Waals surface area contributed by atoms with Gasteiger partial charge in [-0.05, 0) is 43.9 Å². The summed E-state index contributed by atoms with van der Waals surface area (Å²) < 4.78 is 0. The van der Waals surface area contributed by atoms with Crippen molar-refractivity contribution in [2.75, 3.05) is 36.9 Å². The van der Waals surface area contributed by atoms with E-state index in [4.69, 9.17) is 5.11 Å². The number of hydrogen-bond donors (Lipinski definition) is 3. The lowest BCUT2D eigenvalue weighted by Crippen LogP contribution is -2.35. The van der Waals surface area contributed by atoms with Crippen molar-refractivity contribution < 1.29 is 9.90 Å². The van der Waals surface area contributed by atoms with E-state index in [1.165, 1.54) is 0 Å². The van der Waals surface area contributed by atoms with Crippen LogP contribution >= 0.6 is 0 Å². The van der Waals surface area contributed by atoms with Gasteiger partial charge in [0, 0.05) is 37.8 Å². The third kappa shape index (κ3) is 2.97. The minimum absolute atomic E-state index is 0.116. The zero-order valence-corrected chi connectivity index (χ0v) is 12.3. The molecule has 5 nitrogen and oxygen atoms in total. The first kappa shape index (κ1) is 14.2. The highest BCUT2D eigenvalue weighted by Crippen LogP contribution is 2.28. The second-order valence-electron chi connectivity index (χ2n) is 5.77. The number of benzene rings is 1. The second kappa shape index (κ2) is 6.35. The molecular formula is C16H23N3O2. The zero-order valence-electron chi connectivity index (χ0n) is 12.3. The summed E-state index contributed by atoms with van der Waals surface area (Å²) in [6, 6.07) is 6.12. The molecule has 0 aliphatic carbocycles. The van der Waals surface area contributed by atoms with Crippen LogP contribution in [-0.4, -0.2) is 48.2 Å². The Hall–Kier alpha value is -1.75. The molecule has 0 aromatic heterocycles. The molecule has 1 unspecified atom stereocenters. The molecule has 1 saturated heterocycles. The maximum absolute atomic E-state index is 12.7. The van der Waals surface area contributed by atoms with E-state index < -0.39 is 0 Å². The summed E-state index contributed by atoms with van der Waals surface area (Å²) in [4.78, 5) is 14.7. The number of nitrogens with one attached hydrogen (secondary N) is 2.